The van der Waals surface area contributed by atoms with E-state index in [2.05, 4.69) is 14.7 Å². The van der Waals surface area contributed by atoms with Crippen LogP contribution in [0, 0.1) is 5.92 Å². The monoisotopic (exact) mass is 465 g/mol. The number of hydrogen-bond donors (Lipinski definition) is 0. The fraction of sp³-hybridized carbons (Fsp3) is 0.667. The molecule has 5 nitrogen and oxygen atoms in total. The number of benzene rings is 1. The molecule has 2 saturated heterocycles. The Balaban J connectivity index is 1.60. The van der Waals surface area contributed by atoms with E-state index < -0.39 is 0 Å². The van der Waals surface area contributed by atoms with Crippen molar-refractivity contribution in [1.29, 1.82) is 0 Å². The first kappa shape index (κ1) is 22.9. The molecule has 7 heteroatoms. The van der Waals surface area contributed by atoms with Crippen LogP contribution in [-0.4, -0.2) is 70.8 Å². The normalized spacial score (nSPS) is 26.9. The lowest BCUT2D eigenvalue weighted by molar-refractivity contribution is -0.154. The summed E-state index contributed by atoms with van der Waals surface area (Å²) in [5.41, 5.74) is 0.880. The van der Waals surface area contributed by atoms with E-state index in [9.17, 15) is 9.59 Å². The molecule has 0 aromatic heterocycles. The van der Waals surface area contributed by atoms with E-state index >= 15 is 0 Å². The minimum atomic E-state index is -0.0220. The molecular weight excluding hydrogens is 433 g/mol. The maximum atomic E-state index is 13.5. The molecule has 2 heterocycles. The summed E-state index contributed by atoms with van der Waals surface area (Å²) in [5.74, 6) is 0.316. The summed E-state index contributed by atoms with van der Waals surface area (Å²) in [4.78, 5) is 33.3. The molecule has 4 rings (SSSR count). The highest BCUT2D eigenvalue weighted by atomic mass is 35.5. The van der Waals surface area contributed by atoms with Gasteiger partial charge in [0.25, 0.3) is 0 Å². The molecule has 170 valence electrons. The molecule has 0 bridgehead atoms. The summed E-state index contributed by atoms with van der Waals surface area (Å²) in [6.45, 7) is 7.36. The Bertz CT molecular complexity index is 825. The van der Waals surface area contributed by atoms with Gasteiger partial charge in [0.15, 0.2) is 0 Å². The third kappa shape index (κ3) is 4.74. The number of amides is 2. The number of hydrogen-bond acceptors (Lipinski definition) is 3. The van der Waals surface area contributed by atoms with Crippen LogP contribution >= 0.6 is 23.2 Å². The predicted molar refractivity (Wildman–Crippen MR) is 124 cm³/mol. The van der Waals surface area contributed by atoms with E-state index in [4.69, 9.17) is 23.2 Å². The van der Waals surface area contributed by atoms with Crippen LogP contribution in [0.15, 0.2) is 18.2 Å². The lowest BCUT2D eigenvalue weighted by atomic mass is 9.81. The number of carbonyl (C=O) groups is 2. The Kier molecular flexibility index (Phi) is 7.14. The molecule has 31 heavy (non-hydrogen) atoms. The molecule has 1 aliphatic carbocycles. The lowest BCUT2D eigenvalue weighted by Gasteiger charge is -2.55. The molecule has 1 saturated carbocycles. The van der Waals surface area contributed by atoms with Crippen LogP contribution < -0.4 is 0 Å². The topological polar surface area (TPSA) is 43.9 Å². The van der Waals surface area contributed by atoms with E-state index in [0.717, 1.165) is 37.9 Å². The van der Waals surface area contributed by atoms with Crippen molar-refractivity contribution in [3.8, 4) is 0 Å². The molecule has 3 atom stereocenters. The van der Waals surface area contributed by atoms with Gasteiger partial charge in [-0.2, -0.15) is 0 Å². The second kappa shape index (κ2) is 9.68. The summed E-state index contributed by atoms with van der Waals surface area (Å²) in [6.07, 6.45) is 5.94. The number of rotatable bonds is 4. The molecule has 0 spiro atoms. The molecule has 1 aromatic carbocycles. The first-order valence-electron chi connectivity index (χ1n) is 11.6. The summed E-state index contributed by atoms with van der Waals surface area (Å²) < 4.78 is 0. The van der Waals surface area contributed by atoms with Crippen molar-refractivity contribution in [1.82, 2.24) is 14.7 Å². The molecule has 0 radical (unpaired) electrons. The highest BCUT2D eigenvalue weighted by Gasteiger charge is 2.48. The third-order valence-corrected chi connectivity index (χ3v) is 7.92. The van der Waals surface area contributed by atoms with Gasteiger partial charge in [-0.1, -0.05) is 43.1 Å². The van der Waals surface area contributed by atoms with Crippen molar-refractivity contribution in [3.63, 3.8) is 0 Å². The average molecular weight is 466 g/mol. The van der Waals surface area contributed by atoms with Crippen molar-refractivity contribution in [2.75, 3.05) is 26.2 Å². The van der Waals surface area contributed by atoms with Gasteiger partial charge >= 0.3 is 0 Å². The Labute approximate surface area is 195 Å². The zero-order valence-corrected chi connectivity index (χ0v) is 20.0. The standard InChI is InChI=1S/C24H33Cl2N3O2/c1-16(2)24(31)28-12-13-29(22(30)15-17-8-9-18(25)19(26)14-17)23-20(6-5-7-21(23)28)27-10-3-4-11-27/h8-9,14,16,20-21,23H,3-7,10-13,15H2,1-2H3/t20-,21-,23+/m1/s1. The maximum absolute atomic E-state index is 13.5. The van der Waals surface area contributed by atoms with E-state index in [0.29, 0.717) is 35.6 Å². The number of fused-ring (bicyclic) bond motifs is 1. The van der Waals surface area contributed by atoms with Crippen molar-refractivity contribution in [2.45, 2.75) is 70.5 Å². The van der Waals surface area contributed by atoms with E-state index in [1.807, 2.05) is 19.9 Å². The zero-order valence-electron chi connectivity index (χ0n) is 18.5. The minimum Gasteiger partial charge on any atom is -0.336 e. The van der Waals surface area contributed by atoms with Crippen molar-refractivity contribution < 1.29 is 9.59 Å². The van der Waals surface area contributed by atoms with Gasteiger partial charge in [0.1, 0.15) is 0 Å². The fourth-order valence-electron chi connectivity index (χ4n) is 5.71. The average Bonchev–Trinajstić information content (AvgIpc) is 3.29. The molecule has 0 unspecified atom stereocenters. The first-order chi connectivity index (χ1) is 14.9. The van der Waals surface area contributed by atoms with Crippen molar-refractivity contribution in [2.24, 2.45) is 5.92 Å². The highest BCUT2D eigenvalue weighted by molar-refractivity contribution is 6.42. The molecule has 3 aliphatic rings. The van der Waals surface area contributed by atoms with Gasteiger partial charge in [0.05, 0.1) is 28.5 Å². The lowest BCUT2D eigenvalue weighted by Crippen LogP contribution is -2.70. The van der Waals surface area contributed by atoms with Crippen LogP contribution in [0.2, 0.25) is 10.0 Å². The number of halogens is 2. The van der Waals surface area contributed by atoms with Crippen LogP contribution in [0.4, 0.5) is 0 Å². The molecule has 1 aromatic rings. The van der Waals surface area contributed by atoms with Crippen LogP contribution in [0.5, 0.6) is 0 Å². The second-order valence-electron chi connectivity index (χ2n) is 9.50. The number of nitrogens with zero attached hydrogens (tertiary/aromatic N) is 3. The third-order valence-electron chi connectivity index (χ3n) is 7.18. The van der Waals surface area contributed by atoms with Crippen LogP contribution in [0.25, 0.3) is 0 Å². The molecule has 0 N–H and O–H groups in total. The predicted octanol–water partition coefficient (Wildman–Crippen LogP) is 4.25. The molecule has 2 aliphatic heterocycles. The van der Waals surface area contributed by atoms with Gasteiger partial charge < -0.3 is 9.80 Å². The van der Waals surface area contributed by atoms with Crippen LogP contribution in [0.3, 0.4) is 0 Å². The second-order valence-corrected chi connectivity index (χ2v) is 10.3. The van der Waals surface area contributed by atoms with Crippen molar-refractivity contribution >= 4 is 35.0 Å². The SMILES string of the molecule is CC(C)C(=O)N1CCN(C(=O)Cc2ccc(Cl)c(Cl)c2)[C@H]2[C@H](N3CCCC3)CCC[C@H]21. The Morgan fingerprint density at radius 2 is 1.61 bits per heavy atom. The van der Waals surface area contributed by atoms with Gasteiger partial charge in [-0.15, -0.1) is 0 Å². The Morgan fingerprint density at radius 3 is 2.29 bits per heavy atom. The summed E-state index contributed by atoms with van der Waals surface area (Å²) in [5, 5.41) is 0.977. The smallest absolute Gasteiger partial charge is 0.227 e. The Hall–Kier alpha value is -1.30. The summed E-state index contributed by atoms with van der Waals surface area (Å²) in [6, 6.07) is 5.93. The summed E-state index contributed by atoms with van der Waals surface area (Å²) in [7, 11) is 0. The quantitative estimate of drug-likeness (QED) is 0.667. The number of piperazine rings is 1. The van der Waals surface area contributed by atoms with Gasteiger partial charge in [-0.3, -0.25) is 14.5 Å². The van der Waals surface area contributed by atoms with Gasteiger partial charge in [0.2, 0.25) is 11.8 Å². The maximum Gasteiger partial charge on any atom is 0.227 e. The van der Waals surface area contributed by atoms with Crippen LogP contribution in [-0.2, 0) is 16.0 Å². The summed E-state index contributed by atoms with van der Waals surface area (Å²) >= 11 is 12.2. The number of carbonyl (C=O) groups excluding carboxylic acids is 2. The van der Waals surface area contributed by atoms with Crippen LogP contribution in [0.1, 0.15) is 51.5 Å². The molecule has 2 amide bonds. The zero-order chi connectivity index (χ0) is 22.1. The first-order valence-corrected chi connectivity index (χ1v) is 12.4. The van der Waals surface area contributed by atoms with Gasteiger partial charge in [-0.05, 0) is 62.9 Å². The van der Waals surface area contributed by atoms with Gasteiger partial charge in [0, 0.05) is 25.0 Å². The molecular formula is C24H33Cl2N3O2. The van der Waals surface area contributed by atoms with E-state index in [1.165, 1.54) is 12.8 Å². The highest BCUT2D eigenvalue weighted by Crippen LogP contribution is 2.36. The van der Waals surface area contributed by atoms with Gasteiger partial charge in [-0.25, -0.2) is 0 Å². The largest absolute Gasteiger partial charge is 0.336 e. The molecule has 3 fully saturated rings. The Morgan fingerprint density at radius 1 is 0.935 bits per heavy atom. The minimum absolute atomic E-state index is 0.0220. The van der Waals surface area contributed by atoms with E-state index in [-0.39, 0.29) is 29.8 Å². The van der Waals surface area contributed by atoms with Crippen molar-refractivity contribution in [3.05, 3.63) is 33.8 Å². The number of likely N-dealkylation sites (tertiary alicyclic amines) is 1. The van der Waals surface area contributed by atoms with E-state index in [1.54, 1.807) is 12.1 Å². The fourth-order valence-corrected chi connectivity index (χ4v) is 6.03.